The van der Waals surface area contributed by atoms with E-state index in [0.717, 1.165) is 36.4 Å². The smallest absolute Gasteiger partial charge is 0.224 e. The van der Waals surface area contributed by atoms with Crippen LogP contribution in [0.1, 0.15) is 38.2 Å². The second kappa shape index (κ2) is 8.59. The van der Waals surface area contributed by atoms with Gasteiger partial charge >= 0.3 is 0 Å². The quantitative estimate of drug-likeness (QED) is 0.718. The van der Waals surface area contributed by atoms with E-state index in [1.165, 1.54) is 12.8 Å². The number of carbonyl (C=O) groups excluding carboxylic acids is 1. The lowest BCUT2D eigenvalue weighted by molar-refractivity contribution is -0.116. The van der Waals surface area contributed by atoms with Crippen molar-refractivity contribution in [1.29, 1.82) is 0 Å². The molecule has 112 valence electrons. The van der Waals surface area contributed by atoms with Crippen LogP contribution >= 0.6 is 0 Å². The highest BCUT2D eigenvalue weighted by molar-refractivity contribution is 5.91. The van der Waals surface area contributed by atoms with Gasteiger partial charge in [-0.15, -0.1) is 0 Å². The Kier molecular flexibility index (Phi) is 7.09. The molecule has 0 aromatic heterocycles. The molecule has 20 heavy (non-hydrogen) atoms. The Morgan fingerprint density at radius 3 is 2.65 bits per heavy atom. The number of benzene rings is 1. The largest absolute Gasteiger partial charge is 0.399 e. The van der Waals surface area contributed by atoms with E-state index in [-0.39, 0.29) is 5.91 Å². The topological polar surface area (TPSA) is 58.4 Å². The number of aryl methyl sites for hydroxylation is 1. The molecule has 4 nitrogen and oxygen atoms in total. The molecule has 0 heterocycles. The molecule has 4 heteroatoms. The van der Waals surface area contributed by atoms with Crippen LogP contribution in [0.15, 0.2) is 18.2 Å². The van der Waals surface area contributed by atoms with E-state index < -0.39 is 0 Å². The first-order chi connectivity index (χ1) is 9.52. The first-order valence-corrected chi connectivity index (χ1v) is 7.37. The number of unbranched alkanes of at least 4 members (excludes halogenated alkanes) is 1. The zero-order chi connectivity index (χ0) is 15.0. The number of carbonyl (C=O) groups is 1. The summed E-state index contributed by atoms with van der Waals surface area (Å²) in [6, 6.07) is 5.53. The fraction of sp³-hybridized carbons (Fsp3) is 0.562. The summed E-state index contributed by atoms with van der Waals surface area (Å²) in [6.45, 7) is 6.21. The lowest BCUT2D eigenvalue weighted by atomic mass is 10.1. The summed E-state index contributed by atoms with van der Waals surface area (Å²) in [5, 5.41) is 2.94. The minimum absolute atomic E-state index is 0.0711. The van der Waals surface area contributed by atoms with Crippen molar-refractivity contribution in [1.82, 2.24) is 4.90 Å². The van der Waals surface area contributed by atoms with E-state index in [1.807, 2.05) is 19.1 Å². The average Bonchev–Trinajstić information content (AvgIpc) is 2.39. The van der Waals surface area contributed by atoms with Gasteiger partial charge in [0.1, 0.15) is 0 Å². The lowest BCUT2D eigenvalue weighted by Crippen LogP contribution is -2.22. The van der Waals surface area contributed by atoms with Gasteiger partial charge in [-0.3, -0.25) is 4.79 Å². The molecule has 0 saturated heterocycles. The zero-order valence-corrected chi connectivity index (χ0v) is 12.9. The fourth-order valence-corrected chi connectivity index (χ4v) is 2.09. The number of amides is 1. The third-order valence-electron chi connectivity index (χ3n) is 3.36. The second-order valence-electron chi connectivity index (χ2n) is 5.38. The van der Waals surface area contributed by atoms with Gasteiger partial charge in [-0.05, 0) is 63.7 Å². The molecule has 0 aliphatic heterocycles. The van der Waals surface area contributed by atoms with Crippen LogP contribution in [0, 0.1) is 6.92 Å². The van der Waals surface area contributed by atoms with Gasteiger partial charge in [0.05, 0.1) is 0 Å². The number of rotatable bonds is 8. The first-order valence-electron chi connectivity index (χ1n) is 7.37. The van der Waals surface area contributed by atoms with Crippen LogP contribution in [0.25, 0.3) is 0 Å². The highest BCUT2D eigenvalue weighted by atomic mass is 16.1. The van der Waals surface area contributed by atoms with E-state index >= 15 is 0 Å². The number of hydrogen-bond donors (Lipinski definition) is 2. The molecule has 0 fully saturated rings. The van der Waals surface area contributed by atoms with Crippen molar-refractivity contribution in [2.75, 3.05) is 31.2 Å². The van der Waals surface area contributed by atoms with Gasteiger partial charge in [-0.1, -0.05) is 13.3 Å². The molecule has 1 aromatic carbocycles. The molecular weight excluding hydrogens is 250 g/mol. The van der Waals surface area contributed by atoms with E-state index in [0.29, 0.717) is 6.42 Å². The number of nitrogens with two attached hydrogens (primary N) is 1. The summed E-state index contributed by atoms with van der Waals surface area (Å²) in [6.07, 6.45) is 3.87. The van der Waals surface area contributed by atoms with Gasteiger partial charge in [0.2, 0.25) is 5.91 Å². The molecule has 0 aliphatic rings. The molecule has 0 saturated carbocycles. The van der Waals surface area contributed by atoms with Crippen molar-refractivity contribution in [3.8, 4) is 0 Å². The van der Waals surface area contributed by atoms with Gasteiger partial charge < -0.3 is 16.0 Å². The van der Waals surface area contributed by atoms with E-state index in [4.69, 9.17) is 5.73 Å². The van der Waals surface area contributed by atoms with Crippen molar-refractivity contribution in [2.24, 2.45) is 0 Å². The highest BCUT2D eigenvalue weighted by Gasteiger charge is 2.06. The fourth-order valence-electron chi connectivity index (χ4n) is 2.09. The Morgan fingerprint density at radius 1 is 1.30 bits per heavy atom. The monoisotopic (exact) mass is 277 g/mol. The maximum absolute atomic E-state index is 11.9. The molecule has 0 atom stereocenters. The molecular formula is C16H27N3O. The second-order valence-corrected chi connectivity index (χ2v) is 5.38. The molecule has 0 unspecified atom stereocenters. The maximum Gasteiger partial charge on any atom is 0.224 e. The summed E-state index contributed by atoms with van der Waals surface area (Å²) in [4.78, 5) is 14.2. The summed E-state index contributed by atoms with van der Waals surface area (Å²) in [7, 11) is 2.11. The summed E-state index contributed by atoms with van der Waals surface area (Å²) in [5.74, 6) is 0.0711. The number of nitrogens with one attached hydrogen (secondary N) is 1. The lowest BCUT2D eigenvalue weighted by Gasteiger charge is -2.15. The number of nitrogens with zero attached hydrogens (tertiary/aromatic N) is 1. The SMILES string of the molecule is CCCCN(C)CCCC(=O)Nc1ccc(N)cc1C. The van der Waals surface area contributed by atoms with Gasteiger partial charge in [0, 0.05) is 17.8 Å². The van der Waals surface area contributed by atoms with Crippen molar-refractivity contribution in [3.05, 3.63) is 23.8 Å². The van der Waals surface area contributed by atoms with Crippen molar-refractivity contribution < 1.29 is 4.79 Å². The van der Waals surface area contributed by atoms with E-state index in [1.54, 1.807) is 6.07 Å². The molecule has 0 bridgehead atoms. The third kappa shape index (κ3) is 6.06. The van der Waals surface area contributed by atoms with Crippen LogP contribution in [0.2, 0.25) is 0 Å². The molecule has 0 radical (unpaired) electrons. The molecule has 1 aromatic rings. The summed E-state index contributed by atoms with van der Waals surface area (Å²) < 4.78 is 0. The van der Waals surface area contributed by atoms with Crippen molar-refractivity contribution in [3.63, 3.8) is 0 Å². The van der Waals surface area contributed by atoms with Crippen molar-refractivity contribution >= 4 is 17.3 Å². The molecule has 0 aliphatic carbocycles. The Labute approximate surface area is 122 Å². The standard InChI is InChI=1S/C16H27N3O/c1-4-5-10-19(3)11-6-7-16(20)18-15-9-8-14(17)12-13(15)2/h8-9,12H,4-7,10-11,17H2,1-3H3,(H,18,20). The van der Waals surface area contributed by atoms with E-state index in [9.17, 15) is 4.79 Å². The number of anilines is 2. The molecule has 3 N–H and O–H groups in total. The minimum Gasteiger partial charge on any atom is -0.399 e. The number of hydrogen-bond acceptors (Lipinski definition) is 3. The molecule has 1 rings (SSSR count). The summed E-state index contributed by atoms with van der Waals surface area (Å²) in [5.41, 5.74) is 8.26. The Bertz CT molecular complexity index is 432. The van der Waals surface area contributed by atoms with Crippen LogP contribution < -0.4 is 11.1 Å². The Balaban J connectivity index is 2.30. The first kappa shape index (κ1) is 16.5. The zero-order valence-electron chi connectivity index (χ0n) is 12.9. The van der Waals surface area contributed by atoms with Crippen LogP contribution in [0.3, 0.4) is 0 Å². The van der Waals surface area contributed by atoms with Gasteiger partial charge in [0.25, 0.3) is 0 Å². The van der Waals surface area contributed by atoms with Gasteiger partial charge in [-0.25, -0.2) is 0 Å². The van der Waals surface area contributed by atoms with Crippen molar-refractivity contribution in [2.45, 2.75) is 39.5 Å². The van der Waals surface area contributed by atoms with Crippen LogP contribution in [0.4, 0.5) is 11.4 Å². The Morgan fingerprint density at radius 2 is 2.00 bits per heavy atom. The van der Waals surface area contributed by atoms with Crippen LogP contribution in [-0.2, 0) is 4.79 Å². The van der Waals surface area contributed by atoms with Gasteiger partial charge in [-0.2, -0.15) is 0 Å². The van der Waals surface area contributed by atoms with Crippen LogP contribution in [0.5, 0.6) is 0 Å². The highest BCUT2D eigenvalue weighted by Crippen LogP contribution is 2.17. The minimum atomic E-state index is 0.0711. The van der Waals surface area contributed by atoms with E-state index in [2.05, 4.69) is 24.2 Å². The normalized spacial score (nSPS) is 10.8. The third-order valence-corrected chi connectivity index (χ3v) is 3.36. The predicted octanol–water partition coefficient (Wildman–Crippen LogP) is 3.03. The Hall–Kier alpha value is -1.55. The maximum atomic E-state index is 11.9. The number of nitrogen functional groups attached to an aromatic ring is 1. The summed E-state index contributed by atoms with van der Waals surface area (Å²) >= 11 is 0. The molecule has 0 spiro atoms. The average molecular weight is 277 g/mol. The van der Waals surface area contributed by atoms with Gasteiger partial charge in [0.15, 0.2) is 0 Å². The predicted molar refractivity (Wildman–Crippen MR) is 85.9 cm³/mol. The van der Waals surface area contributed by atoms with Crippen LogP contribution in [-0.4, -0.2) is 30.9 Å². The molecule has 1 amide bonds.